The topological polar surface area (TPSA) is 54.4 Å². The number of halogens is 1. The van der Waals surface area contributed by atoms with E-state index in [-0.39, 0.29) is 12.2 Å². The van der Waals surface area contributed by atoms with Gasteiger partial charge in [-0.1, -0.05) is 84.4 Å². The number of alkyl halides is 1. The Hall–Kier alpha value is -1.17. The Bertz CT molecular complexity index is 742. The van der Waals surface area contributed by atoms with Crippen LogP contribution in [0.2, 0.25) is 0 Å². The molecular formula is C18H21BrO3S. The molecule has 0 aliphatic carbocycles. The fourth-order valence-corrected chi connectivity index (χ4v) is 4.91. The van der Waals surface area contributed by atoms with Crippen molar-refractivity contribution in [2.24, 2.45) is 0 Å². The van der Waals surface area contributed by atoms with Crippen molar-refractivity contribution < 1.29 is 13.5 Å². The highest BCUT2D eigenvalue weighted by molar-refractivity contribution is 9.11. The SMILES string of the molecule is CC[C@](Br)([C@H](O)c1ccc(-c2ccccc2)cc1)S(=O)(=O)CC. The Labute approximate surface area is 146 Å². The zero-order chi connectivity index (χ0) is 17.1. The van der Waals surface area contributed by atoms with Crippen LogP contribution in [0.15, 0.2) is 54.6 Å². The summed E-state index contributed by atoms with van der Waals surface area (Å²) in [7, 11) is -3.45. The lowest BCUT2D eigenvalue weighted by Gasteiger charge is -2.31. The summed E-state index contributed by atoms with van der Waals surface area (Å²) in [6, 6.07) is 17.3. The van der Waals surface area contributed by atoms with Gasteiger partial charge < -0.3 is 5.11 Å². The average molecular weight is 397 g/mol. The first kappa shape index (κ1) is 18.2. The fourth-order valence-electron chi connectivity index (χ4n) is 2.56. The van der Waals surface area contributed by atoms with Crippen LogP contribution in [0.5, 0.6) is 0 Å². The molecule has 0 spiro atoms. The van der Waals surface area contributed by atoms with Crippen molar-refractivity contribution in [2.75, 3.05) is 5.75 Å². The molecule has 2 aromatic carbocycles. The van der Waals surface area contributed by atoms with Crippen molar-refractivity contribution in [2.45, 2.75) is 30.0 Å². The van der Waals surface area contributed by atoms with Gasteiger partial charge in [-0.05, 0) is 23.1 Å². The van der Waals surface area contributed by atoms with Crippen molar-refractivity contribution in [3.05, 3.63) is 60.2 Å². The molecule has 0 bridgehead atoms. The monoisotopic (exact) mass is 396 g/mol. The molecular weight excluding hydrogens is 376 g/mol. The third-order valence-corrected chi connectivity index (χ3v) is 8.90. The van der Waals surface area contributed by atoms with Crippen LogP contribution >= 0.6 is 15.9 Å². The first-order chi connectivity index (χ1) is 10.9. The lowest BCUT2D eigenvalue weighted by molar-refractivity contribution is 0.160. The number of hydrogen-bond acceptors (Lipinski definition) is 3. The summed E-state index contributed by atoms with van der Waals surface area (Å²) < 4.78 is 23.3. The molecule has 0 aromatic heterocycles. The molecule has 2 aromatic rings. The lowest BCUT2D eigenvalue weighted by atomic mass is 10.00. The molecule has 5 heteroatoms. The zero-order valence-corrected chi connectivity index (χ0v) is 15.6. The maximum atomic E-state index is 12.3. The molecule has 0 radical (unpaired) electrons. The Morgan fingerprint density at radius 3 is 2.00 bits per heavy atom. The standard InChI is InChI=1S/C18H21BrO3S/c1-3-18(19,23(21,22)4-2)17(20)16-12-10-15(11-13-16)14-8-6-5-7-9-14/h5-13,17,20H,3-4H2,1-2H3/t17-,18-/m1/s1. The molecule has 0 fully saturated rings. The first-order valence-corrected chi connectivity index (χ1v) is 10.0. The van der Waals surface area contributed by atoms with Crippen LogP contribution in [0.4, 0.5) is 0 Å². The molecule has 0 aliphatic rings. The van der Waals surface area contributed by atoms with Gasteiger partial charge in [0.2, 0.25) is 0 Å². The Kier molecular flexibility index (Phi) is 5.65. The van der Waals surface area contributed by atoms with Gasteiger partial charge in [-0.25, -0.2) is 8.42 Å². The minimum absolute atomic E-state index is 0.0226. The van der Waals surface area contributed by atoms with E-state index in [1.807, 2.05) is 42.5 Å². The lowest BCUT2D eigenvalue weighted by Crippen LogP contribution is -2.39. The fraction of sp³-hybridized carbons (Fsp3) is 0.333. The van der Waals surface area contributed by atoms with E-state index in [1.54, 1.807) is 26.0 Å². The van der Waals surface area contributed by atoms with Crippen LogP contribution in [-0.2, 0) is 9.84 Å². The molecule has 23 heavy (non-hydrogen) atoms. The van der Waals surface area contributed by atoms with Gasteiger partial charge in [0, 0.05) is 5.75 Å². The van der Waals surface area contributed by atoms with Crippen LogP contribution in [0, 0.1) is 0 Å². The third-order valence-electron chi connectivity index (χ3n) is 4.12. The quantitative estimate of drug-likeness (QED) is 0.739. The van der Waals surface area contributed by atoms with E-state index in [2.05, 4.69) is 15.9 Å². The minimum atomic E-state index is -3.45. The number of aliphatic hydroxyl groups is 1. The van der Waals surface area contributed by atoms with Gasteiger partial charge in [0.1, 0.15) is 6.10 Å². The molecule has 0 saturated carbocycles. The smallest absolute Gasteiger partial charge is 0.168 e. The number of aliphatic hydroxyl groups excluding tert-OH is 1. The molecule has 2 atom stereocenters. The predicted molar refractivity (Wildman–Crippen MR) is 98.2 cm³/mol. The molecule has 2 rings (SSSR count). The molecule has 0 unspecified atom stereocenters. The Balaban J connectivity index is 2.35. The van der Waals surface area contributed by atoms with Gasteiger partial charge in [0.25, 0.3) is 0 Å². The van der Waals surface area contributed by atoms with E-state index < -0.39 is 19.6 Å². The third kappa shape index (κ3) is 3.52. The Morgan fingerprint density at radius 2 is 1.52 bits per heavy atom. The first-order valence-electron chi connectivity index (χ1n) is 7.60. The van der Waals surface area contributed by atoms with Crippen LogP contribution in [0.3, 0.4) is 0 Å². The molecule has 124 valence electrons. The van der Waals surface area contributed by atoms with Gasteiger partial charge in [-0.2, -0.15) is 0 Å². The Morgan fingerprint density at radius 1 is 1.00 bits per heavy atom. The minimum Gasteiger partial charge on any atom is -0.386 e. The molecule has 0 amide bonds. The number of rotatable bonds is 6. The van der Waals surface area contributed by atoms with Crippen LogP contribution in [0.25, 0.3) is 11.1 Å². The molecule has 0 heterocycles. The van der Waals surface area contributed by atoms with Gasteiger partial charge in [-0.3, -0.25) is 0 Å². The van der Waals surface area contributed by atoms with Crippen LogP contribution < -0.4 is 0 Å². The van der Waals surface area contributed by atoms with Gasteiger partial charge in [0.05, 0.1) is 0 Å². The zero-order valence-electron chi connectivity index (χ0n) is 13.2. The summed E-state index contributed by atoms with van der Waals surface area (Å²) in [4.78, 5) is 0. The molecule has 3 nitrogen and oxygen atoms in total. The summed E-state index contributed by atoms with van der Waals surface area (Å²) in [6.07, 6.45) is -0.840. The summed E-state index contributed by atoms with van der Waals surface area (Å²) in [5.41, 5.74) is 2.69. The number of hydrogen-bond donors (Lipinski definition) is 1. The van der Waals surface area contributed by atoms with E-state index >= 15 is 0 Å². The van der Waals surface area contributed by atoms with Crippen molar-refractivity contribution >= 4 is 25.8 Å². The van der Waals surface area contributed by atoms with Crippen molar-refractivity contribution in [3.8, 4) is 11.1 Å². The summed E-state index contributed by atoms with van der Waals surface area (Å²) >= 11 is 3.29. The number of benzene rings is 2. The summed E-state index contributed by atoms with van der Waals surface area (Å²) in [5, 5.41) is 10.6. The normalized spacial score (nSPS) is 15.8. The molecule has 0 saturated heterocycles. The average Bonchev–Trinajstić information content (AvgIpc) is 2.61. The van der Waals surface area contributed by atoms with E-state index in [0.717, 1.165) is 11.1 Å². The number of sulfone groups is 1. The van der Waals surface area contributed by atoms with Gasteiger partial charge in [-0.15, -0.1) is 0 Å². The van der Waals surface area contributed by atoms with Crippen molar-refractivity contribution in [1.82, 2.24) is 0 Å². The highest BCUT2D eigenvalue weighted by Gasteiger charge is 2.45. The van der Waals surface area contributed by atoms with Crippen molar-refractivity contribution in [3.63, 3.8) is 0 Å². The van der Waals surface area contributed by atoms with E-state index in [9.17, 15) is 13.5 Å². The van der Waals surface area contributed by atoms with E-state index in [4.69, 9.17) is 0 Å². The summed E-state index contributed by atoms with van der Waals surface area (Å²) in [6.45, 7) is 3.34. The second-order valence-corrected chi connectivity index (χ2v) is 9.91. The highest BCUT2D eigenvalue weighted by atomic mass is 79.9. The van der Waals surface area contributed by atoms with E-state index in [0.29, 0.717) is 5.56 Å². The largest absolute Gasteiger partial charge is 0.386 e. The van der Waals surface area contributed by atoms with E-state index in [1.165, 1.54) is 0 Å². The highest BCUT2D eigenvalue weighted by Crippen LogP contribution is 2.42. The van der Waals surface area contributed by atoms with Crippen LogP contribution in [0.1, 0.15) is 31.9 Å². The second kappa shape index (κ2) is 7.16. The predicted octanol–water partition coefficient (Wildman–Crippen LogP) is 4.32. The maximum absolute atomic E-state index is 12.3. The summed E-state index contributed by atoms with van der Waals surface area (Å²) in [5.74, 6) is -0.0226. The van der Waals surface area contributed by atoms with Gasteiger partial charge >= 0.3 is 0 Å². The molecule has 1 N–H and O–H groups in total. The van der Waals surface area contributed by atoms with Gasteiger partial charge in [0.15, 0.2) is 13.5 Å². The van der Waals surface area contributed by atoms with Crippen LogP contribution in [-0.4, -0.2) is 22.9 Å². The maximum Gasteiger partial charge on any atom is 0.168 e. The second-order valence-electron chi connectivity index (χ2n) is 5.43. The van der Waals surface area contributed by atoms with Crippen molar-refractivity contribution in [1.29, 1.82) is 0 Å². The molecule has 0 aliphatic heterocycles.